The highest BCUT2D eigenvalue weighted by molar-refractivity contribution is 5.90. The number of anilines is 2. The van der Waals surface area contributed by atoms with Crippen LogP contribution in [0.3, 0.4) is 0 Å². The van der Waals surface area contributed by atoms with Crippen molar-refractivity contribution in [3.8, 4) is 11.4 Å². The molecule has 1 aromatic carbocycles. The lowest BCUT2D eigenvalue weighted by Gasteiger charge is -2.13. The lowest BCUT2D eigenvalue weighted by atomic mass is 10.1. The summed E-state index contributed by atoms with van der Waals surface area (Å²) in [6.45, 7) is 6.77. The minimum atomic E-state index is -4.40. The summed E-state index contributed by atoms with van der Waals surface area (Å²) in [6, 6.07) is 12.3. The molecule has 3 aromatic heterocycles. The van der Waals surface area contributed by atoms with E-state index in [0.717, 1.165) is 23.4 Å². The molecule has 3 heterocycles. The summed E-state index contributed by atoms with van der Waals surface area (Å²) in [5.41, 5.74) is 2.58. The van der Waals surface area contributed by atoms with E-state index in [0.29, 0.717) is 46.6 Å². The van der Waals surface area contributed by atoms with Crippen molar-refractivity contribution in [2.75, 3.05) is 11.9 Å². The van der Waals surface area contributed by atoms with Crippen LogP contribution >= 0.6 is 0 Å². The van der Waals surface area contributed by atoms with Crippen molar-refractivity contribution in [3.05, 3.63) is 71.7 Å². The first-order valence-electron chi connectivity index (χ1n) is 10.8. The average Bonchev–Trinajstić information content (AvgIpc) is 2.78. The Kier molecular flexibility index (Phi) is 6.74. The third-order valence-corrected chi connectivity index (χ3v) is 5.02. The highest BCUT2D eigenvalue weighted by Crippen LogP contribution is 2.31. The second-order valence-electron chi connectivity index (χ2n) is 8.33. The molecule has 34 heavy (non-hydrogen) atoms. The largest absolute Gasteiger partial charge is 0.416 e. The summed E-state index contributed by atoms with van der Waals surface area (Å²) in [5.74, 6) is 1.21. The maximum atomic E-state index is 12.9. The van der Waals surface area contributed by atoms with Crippen LogP contribution in [0.5, 0.6) is 0 Å². The Hall–Kier alpha value is -3.59. The monoisotopic (exact) mass is 467 g/mol. The summed E-state index contributed by atoms with van der Waals surface area (Å²) in [7, 11) is 0. The van der Waals surface area contributed by atoms with Crippen molar-refractivity contribution in [2.24, 2.45) is 5.92 Å². The van der Waals surface area contributed by atoms with E-state index in [-0.39, 0.29) is 6.61 Å². The van der Waals surface area contributed by atoms with Crippen molar-refractivity contribution in [3.63, 3.8) is 0 Å². The minimum Gasteiger partial charge on any atom is -0.373 e. The van der Waals surface area contributed by atoms with Gasteiger partial charge < -0.3 is 10.1 Å². The molecule has 0 aliphatic rings. The molecule has 0 unspecified atom stereocenters. The number of hydrogen-bond acceptors (Lipinski definition) is 6. The van der Waals surface area contributed by atoms with Crippen LogP contribution in [0.1, 0.15) is 30.8 Å². The molecule has 0 fully saturated rings. The van der Waals surface area contributed by atoms with E-state index in [4.69, 9.17) is 9.72 Å². The fraction of sp³-hybridized carbons (Fsp3) is 0.280. The van der Waals surface area contributed by atoms with Crippen LogP contribution in [-0.4, -0.2) is 26.5 Å². The smallest absolute Gasteiger partial charge is 0.373 e. The number of fused-ring (bicyclic) bond motifs is 1. The van der Waals surface area contributed by atoms with Gasteiger partial charge in [0.25, 0.3) is 0 Å². The molecule has 4 aromatic rings. The predicted octanol–water partition coefficient (Wildman–Crippen LogP) is 6.33. The average molecular weight is 467 g/mol. The molecular weight excluding hydrogens is 443 g/mol. The van der Waals surface area contributed by atoms with E-state index in [1.54, 1.807) is 6.20 Å². The fourth-order valence-corrected chi connectivity index (χ4v) is 3.37. The van der Waals surface area contributed by atoms with Crippen LogP contribution in [0.25, 0.3) is 22.4 Å². The molecule has 0 saturated heterocycles. The van der Waals surface area contributed by atoms with Crippen molar-refractivity contribution < 1.29 is 17.9 Å². The molecule has 0 aliphatic carbocycles. The van der Waals surface area contributed by atoms with Gasteiger partial charge >= 0.3 is 6.18 Å². The van der Waals surface area contributed by atoms with Gasteiger partial charge in [-0.1, -0.05) is 19.9 Å². The first-order chi connectivity index (χ1) is 16.2. The SMILES string of the molecule is Cc1cccnc1-c1ccc2c(Nc3ccc(C(F)(F)F)cc3)nc(COCC(C)C)nc2n1. The van der Waals surface area contributed by atoms with E-state index in [2.05, 4.69) is 20.3 Å². The molecule has 0 radical (unpaired) electrons. The van der Waals surface area contributed by atoms with Gasteiger partial charge in [0.2, 0.25) is 0 Å². The van der Waals surface area contributed by atoms with Crippen molar-refractivity contribution >= 4 is 22.5 Å². The van der Waals surface area contributed by atoms with Crippen LogP contribution in [0.4, 0.5) is 24.7 Å². The van der Waals surface area contributed by atoms with Crippen molar-refractivity contribution in [1.29, 1.82) is 0 Å². The molecule has 6 nitrogen and oxygen atoms in total. The number of pyridine rings is 2. The summed E-state index contributed by atoms with van der Waals surface area (Å²) in [4.78, 5) is 18.3. The molecule has 0 amide bonds. The number of hydrogen-bond donors (Lipinski definition) is 1. The van der Waals surface area contributed by atoms with Crippen LogP contribution in [-0.2, 0) is 17.5 Å². The quantitative estimate of drug-likeness (QED) is 0.342. The number of halogens is 3. The van der Waals surface area contributed by atoms with Gasteiger partial charge in [0.15, 0.2) is 11.5 Å². The summed E-state index contributed by atoms with van der Waals surface area (Å²) >= 11 is 0. The van der Waals surface area contributed by atoms with Gasteiger partial charge in [0.05, 0.1) is 22.3 Å². The summed E-state index contributed by atoms with van der Waals surface area (Å²) < 4.78 is 44.5. The fourth-order valence-electron chi connectivity index (χ4n) is 3.37. The van der Waals surface area contributed by atoms with E-state index < -0.39 is 11.7 Å². The van der Waals surface area contributed by atoms with Gasteiger partial charge in [-0.3, -0.25) is 4.98 Å². The Morgan fingerprint density at radius 1 is 0.971 bits per heavy atom. The van der Waals surface area contributed by atoms with Gasteiger partial charge in [0, 0.05) is 18.5 Å². The van der Waals surface area contributed by atoms with Crippen LogP contribution in [0, 0.1) is 12.8 Å². The van der Waals surface area contributed by atoms with Crippen LogP contribution in [0.2, 0.25) is 0 Å². The third kappa shape index (κ3) is 5.48. The minimum absolute atomic E-state index is 0.185. The molecule has 4 rings (SSSR count). The number of nitrogens with one attached hydrogen (secondary N) is 1. The Labute approximate surface area is 195 Å². The van der Waals surface area contributed by atoms with Crippen LogP contribution < -0.4 is 5.32 Å². The van der Waals surface area contributed by atoms with E-state index >= 15 is 0 Å². The number of rotatable bonds is 7. The maximum absolute atomic E-state index is 12.9. The topological polar surface area (TPSA) is 72.8 Å². The molecule has 0 spiro atoms. The van der Waals surface area contributed by atoms with Gasteiger partial charge in [0.1, 0.15) is 12.4 Å². The molecule has 0 atom stereocenters. The first kappa shape index (κ1) is 23.6. The Morgan fingerprint density at radius 3 is 2.41 bits per heavy atom. The second kappa shape index (κ2) is 9.72. The van der Waals surface area contributed by atoms with E-state index in [1.807, 2.05) is 45.0 Å². The number of nitrogens with zero attached hydrogens (tertiary/aromatic N) is 4. The van der Waals surface area contributed by atoms with Gasteiger partial charge in [-0.25, -0.2) is 15.0 Å². The number of alkyl halides is 3. The molecule has 0 aliphatic heterocycles. The number of ether oxygens (including phenoxy) is 1. The molecule has 176 valence electrons. The molecule has 1 N–H and O–H groups in total. The zero-order chi connectivity index (χ0) is 24.3. The zero-order valence-corrected chi connectivity index (χ0v) is 19.0. The highest BCUT2D eigenvalue weighted by Gasteiger charge is 2.30. The van der Waals surface area contributed by atoms with Gasteiger partial charge in [-0.2, -0.15) is 13.2 Å². The van der Waals surface area contributed by atoms with Gasteiger partial charge in [-0.15, -0.1) is 0 Å². The zero-order valence-electron chi connectivity index (χ0n) is 19.0. The summed E-state index contributed by atoms with van der Waals surface area (Å²) in [5, 5.41) is 3.74. The predicted molar refractivity (Wildman–Crippen MR) is 125 cm³/mol. The number of benzene rings is 1. The van der Waals surface area contributed by atoms with Crippen LogP contribution in [0.15, 0.2) is 54.7 Å². The molecule has 9 heteroatoms. The Bertz CT molecular complexity index is 1290. The number of aryl methyl sites for hydroxylation is 1. The molecule has 0 bridgehead atoms. The normalized spacial score (nSPS) is 11.9. The maximum Gasteiger partial charge on any atom is 0.416 e. The standard InChI is InChI=1S/C25H24F3N5O/c1-15(2)13-34-14-21-32-23(30-18-8-6-17(7-9-18)25(26,27)28)19-10-11-20(31-24(19)33-21)22-16(3)5-4-12-29-22/h4-12,15H,13-14H2,1-3H3,(H,30,31,32,33). The summed E-state index contributed by atoms with van der Waals surface area (Å²) in [6.07, 6.45) is -2.69. The van der Waals surface area contributed by atoms with E-state index in [9.17, 15) is 13.2 Å². The Balaban J connectivity index is 1.73. The van der Waals surface area contributed by atoms with Gasteiger partial charge in [-0.05, 0) is 60.9 Å². The molecular formula is C25H24F3N5O. The van der Waals surface area contributed by atoms with Crippen molar-refractivity contribution in [1.82, 2.24) is 19.9 Å². The Morgan fingerprint density at radius 2 is 1.74 bits per heavy atom. The lowest BCUT2D eigenvalue weighted by molar-refractivity contribution is -0.137. The highest BCUT2D eigenvalue weighted by atomic mass is 19.4. The molecule has 0 saturated carbocycles. The van der Waals surface area contributed by atoms with E-state index in [1.165, 1.54) is 12.1 Å². The lowest BCUT2D eigenvalue weighted by Crippen LogP contribution is -2.08. The first-order valence-corrected chi connectivity index (χ1v) is 10.8. The number of aromatic nitrogens is 4. The second-order valence-corrected chi connectivity index (χ2v) is 8.33. The third-order valence-electron chi connectivity index (χ3n) is 5.02. The van der Waals surface area contributed by atoms with Crippen molar-refractivity contribution in [2.45, 2.75) is 33.6 Å².